The number of rotatable bonds is 6. The van der Waals surface area contributed by atoms with Crippen molar-refractivity contribution in [1.29, 1.82) is 0 Å². The average molecular weight is 728 g/mol. The third-order valence-electron chi connectivity index (χ3n) is 7.65. The molecule has 1 rings (SSSR count). The Morgan fingerprint density at radius 3 is 0.865 bits per heavy atom. The van der Waals surface area contributed by atoms with E-state index in [-0.39, 0.29) is 0 Å². The Hall–Kier alpha value is 1.37. The molecule has 0 aromatic heterocycles. The maximum atomic E-state index is 8.70. The Morgan fingerprint density at radius 1 is 0.622 bits per heavy atom. The molecule has 1 fully saturated rings. The van der Waals surface area contributed by atoms with Crippen LogP contribution in [0.25, 0.3) is 5.53 Å². The topological polar surface area (TPSA) is 36.4 Å². The van der Waals surface area contributed by atoms with Gasteiger partial charge in [0.15, 0.2) is 0 Å². The number of hydrogen-bond donors (Lipinski definition) is 0. The molecule has 0 spiro atoms. The number of hydrogen-bond acceptors (Lipinski definition) is 0. The third kappa shape index (κ3) is 15.3. The first-order chi connectivity index (χ1) is 16.3. The van der Waals surface area contributed by atoms with Gasteiger partial charge in [-0.25, -0.2) is 0 Å². The predicted molar refractivity (Wildman–Crippen MR) is 184 cm³/mol. The van der Waals surface area contributed by atoms with E-state index in [1.165, 1.54) is 29.6 Å². The molecule has 0 bridgehead atoms. The fourth-order valence-electron chi connectivity index (χ4n) is 5.18. The molecule has 7 heteroatoms. The van der Waals surface area contributed by atoms with Crippen molar-refractivity contribution in [2.24, 2.45) is 0 Å². The molecule has 2 nitrogen and oxygen atoms in total. The van der Waals surface area contributed by atoms with E-state index in [0.29, 0.717) is 16.6 Å². The van der Waals surface area contributed by atoms with Crippen LogP contribution in [0.1, 0.15) is 76.2 Å². The quantitative estimate of drug-likeness (QED) is 0.0859. The zero-order chi connectivity index (χ0) is 30.7. The van der Waals surface area contributed by atoms with Gasteiger partial charge in [0.1, 0.15) is 0 Å². The summed E-state index contributed by atoms with van der Waals surface area (Å²) in [6.07, 6.45) is 0. The van der Waals surface area contributed by atoms with Crippen LogP contribution in [-0.4, -0.2) is 71.1 Å². The minimum atomic E-state index is -1.69. The molecule has 0 saturated heterocycles. The van der Waals surface area contributed by atoms with E-state index in [0.717, 1.165) is 4.00 Å². The summed E-state index contributed by atoms with van der Waals surface area (Å²) in [6, 6.07) is 0. The summed E-state index contributed by atoms with van der Waals surface area (Å²) in [5.41, 5.74) is 10.4. The predicted octanol–water partition coefficient (Wildman–Crippen LogP) is 10.4. The first-order valence-corrected chi connectivity index (χ1v) is 33.3. The van der Waals surface area contributed by atoms with Gasteiger partial charge < -0.3 is 10.3 Å². The van der Waals surface area contributed by atoms with Crippen LogP contribution in [0.3, 0.4) is 0 Å². The first-order valence-electron chi connectivity index (χ1n) is 14.1. The molecule has 0 N–H and O–H groups in total. The first kappa shape index (κ1) is 42.8. The summed E-state index contributed by atoms with van der Waals surface area (Å²) in [6.45, 7) is 39.2. The Morgan fingerprint density at radius 2 is 0.811 bits per heavy atom. The van der Waals surface area contributed by atoms with E-state index >= 15 is 0 Å². The van der Waals surface area contributed by atoms with E-state index in [1.54, 1.807) is 0 Å². The second-order valence-corrected chi connectivity index (χ2v) is 43.3. The van der Waals surface area contributed by atoms with Gasteiger partial charge in [-0.15, -0.1) is 0 Å². The van der Waals surface area contributed by atoms with E-state index in [4.69, 9.17) is 5.53 Å². The second-order valence-electron chi connectivity index (χ2n) is 14.4. The molecular formula is C30H64GeN2Si3Sn-. The zero-order valence-electron chi connectivity index (χ0n) is 28.7. The van der Waals surface area contributed by atoms with Crippen LogP contribution in [0.15, 0.2) is 0 Å². The minimum absolute atomic E-state index is 0.543. The van der Waals surface area contributed by atoms with Crippen molar-refractivity contribution in [3.05, 3.63) is 35.1 Å². The summed E-state index contributed by atoms with van der Waals surface area (Å²) in [4.78, 5) is 10.3. The van der Waals surface area contributed by atoms with Crippen LogP contribution < -0.4 is 0 Å². The van der Waals surface area contributed by atoms with E-state index in [2.05, 4.69) is 157 Å². The molecule has 1 aliphatic rings. The standard InChI is InChI=1S/C10H21N2Si.C10H15.C7H19GeSi2.3CH3.Sn/c1-8(2)13(7-12-11,9(3)4)10(5)6;1-6-7(2)9(4)10(5)8(6)3;1-9(2,3)7(8)10(4,5)6;;;;/h8-10H,1-6H3;1-5H3;7H,1-6H3;3*1H3;/q-1;;;;;;. The SMILES string of the molecule is CC(C)[Si]([C-]=[N+]=[N-])(C(C)C)C(C)C.C[C]1[C](C)[C](C)[C](C)[C]1C.C[Si](C)(C)[CH]([Ge])[Si](C)(C)C.[CH3][Sn]([CH3])[CH3]. The van der Waals surface area contributed by atoms with Gasteiger partial charge in [0.05, 0.1) is 0 Å². The van der Waals surface area contributed by atoms with Gasteiger partial charge in [0.2, 0.25) is 0 Å². The molecule has 0 atom stereocenters. The summed E-state index contributed by atoms with van der Waals surface area (Å²) >= 11 is 1.91. The van der Waals surface area contributed by atoms with Gasteiger partial charge in [0.25, 0.3) is 0 Å². The molecule has 0 unspecified atom stereocenters. The Kier molecular flexibility index (Phi) is 21.7. The molecular weight excluding hydrogens is 664 g/mol. The molecule has 0 aromatic carbocycles. The fourth-order valence-corrected chi connectivity index (χ4v) is 20.5. The summed E-state index contributed by atoms with van der Waals surface area (Å²) < 4.78 is 1.04. The Labute approximate surface area is 255 Å². The zero-order valence-corrected chi connectivity index (χ0v) is 36.7. The van der Waals surface area contributed by atoms with E-state index < -0.39 is 44.0 Å². The molecule has 1 saturated carbocycles. The molecule has 0 aliphatic heterocycles. The third-order valence-corrected chi connectivity index (χ3v) is 33.4. The van der Waals surface area contributed by atoms with Gasteiger partial charge in [-0.3, -0.25) is 0 Å². The van der Waals surface area contributed by atoms with Gasteiger partial charge in [-0.05, 0) is 37.7 Å². The van der Waals surface area contributed by atoms with Crippen LogP contribution in [0.4, 0.5) is 0 Å². The van der Waals surface area contributed by atoms with Gasteiger partial charge in [-0.2, -0.15) is 0 Å². The van der Waals surface area contributed by atoms with Crippen molar-refractivity contribution in [3.63, 3.8) is 0 Å². The van der Waals surface area contributed by atoms with Gasteiger partial charge in [-0.1, -0.05) is 98.6 Å². The van der Waals surface area contributed by atoms with Crippen LogP contribution in [0.5, 0.6) is 0 Å². The van der Waals surface area contributed by atoms with Crippen LogP contribution >= 0.6 is 0 Å². The van der Waals surface area contributed by atoms with Gasteiger partial charge in [0, 0.05) is 0 Å². The summed E-state index contributed by atoms with van der Waals surface area (Å²) in [5.74, 6) is 10.4. The second kappa shape index (κ2) is 18.7. The van der Waals surface area contributed by atoms with E-state index in [1.807, 2.05) is 0 Å². The van der Waals surface area contributed by atoms with Crippen LogP contribution in [-0.2, 0) is 0 Å². The molecule has 37 heavy (non-hydrogen) atoms. The molecule has 0 amide bonds. The monoisotopic (exact) mass is 730 g/mol. The van der Waals surface area contributed by atoms with Gasteiger partial charge >= 0.3 is 111 Å². The molecule has 215 valence electrons. The van der Waals surface area contributed by atoms with Crippen molar-refractivity contribution in [2.75, 3.05) is 0 Å². The molecule has 1 aliphatic carbocycles. The summed E-state index contributed by atoms with van der Waals surface area (Å²) in [5, 5.41) is 0. The Bertz CT molecular complexity index is 567. The van der Waals surface area contributed by atoms with Crippen LogP contribution in [0, 0.1) is 29.6 Å². The van der Waals surface area contributed by atoms with Crippen molar-refractivity contribution >= 4 is 66.3 Å². The maximum absolute atomic E-state index is 8.70. The van der Waals surface area contributed by atoms with Crippen molar-refractivity contribution in [3.8, 4) is 0 Å². The normalized spacial score (nSPS) is 16.9. The molecule has 9 radical (unpaired) electrons. The molecule has 0 aromatic rings. The van der Waals surface area contributed by atoms with E-state index in [9.17, 15) is 0 Å². The Balaban J connectivity index is -0.000000440. The van der Waals surface area contributed by atoms with Crippen molar-refractivity contribution in [1.82, 2.24) is 0 Å². The summed E-state index contributed by atoms with van der Waals surface area (Å²) in [7, 11) is -3.36. The average Bonchev–Trinajstić information content (AvgIpc) is 2.87. The van der Waals surface area contributed by atoms with Crippen molar-refractivity contribution < 1.29 is 4.79 Å². The number of nitrogens with zero attached hydrogens (tertiary/aromatic N) is 2. The van der Waals surface area contributed by atoms with Crippen LogP contribution in [0.2, 0.25) is 74.7 Å². The fraction of sp³-hybridized carbons (Fsp3) is 0.800. The van der Waals surface area contributed by atoms with Crippen molar-refractivity contribution in [2.45, 2.75) is 151 Å². The molecule has 0 heterocycles.